The van der Waals surface area contributed by atoms with Gasteiger partial charge in [0.15, 0.2) is 0 Å². The second-order valence-corrected chi connectivity index (χ2v) is 9.84. The van der Waals surface area contributed by atoms with Crippen LogP contribution in [-0.4, -0.2) is 41.8 Å². The van der Waals surface area contributed by atoms with Crippen LogP contribution in [-0.2, 0) is 24.3 Å². The number of halogens is 2. The summed E-state index contributed by atoms with van der Waals surface area (Å²) in [5, 5.41) is 19.4. The Labute approximate surface area is 191 Å². The van der Waals surface area contributed by atoms with Crippen LogP contribution in [0.25, 0.3) is 11.4 Å². The number of aryl methyl sites for hydroxylation is 2. The molecule has 33 heavy (non-hydrogen) atoms. The number of hydrogen-bond acceptors (Lipinski definition) is 5. The highest BCUT2D eigenvalue weighted by atomic mass is 19.3. The molecule has 2 atom stereocenters. The maximum absolute atomic E-state index is 14.1. The highest BCUT2D eigenvalue weighted by Gasteiger charge is 2.45. The zero-order valence-electron chi connectivity index (χ0n) is 19.5. The number of amides is 1. The molecule has 176 valence electrons. The molecule has 1 N–H and O–H groups in total. The molecule has 8 nitrogen and oxygen atoms in total. The maximum Gasteiger partial charge on any atom is 0.248 e. The van der Waals surface area contributed by atoms with Gasteiger partial charge in [-0.15, -0.1) is 10.2 Å². The number of anilines is 1. The Bertz CT molecular complexity index is 1140. The first-order valence-electron chi connectivity index (χ1n) is 11.0. The van der Waals surface area contributed by atoms with E-state index in [9.17, 15) is 13.6 Å². The van der Waals surface area contributed by atoms with E-state index in [-0.39, 0.29) is 30.6 Å². The molecule has 4 rings (SSSR count). The summed E-state index contributed by atoms with van der Waals surface area (Å²) in [6.45, 7) is 6.12. The fourth-order valence-electron chi connectivity index (χ4n) is 4.30. The first-order chi connectivity index (χ1) is 15.4. The lowest BCUT2D eigenvalue weighted by Gasteiger charge is -2.23. The van der Waals surface area contributed by atoms with Crippen molar-refractivity contribution in [2.45, 2.75) is 57.3 Å². The van der Waals surface area contributed by atoms with Crippen molar-refractivity contribution in [3.05, 3.63) is 41.6 Å². The molecular weight excluding hydrogens is 428 g/mol. The van der Waals surface area contributed by atoms with E-state index >= 15 is 0 Å². The van der Waals surface area contributed by atoms with Crippen LogP contribution in [0, 0.1) is 5.92 Å². The van der Waals surface area contributed by atoms with Crippen molar-refractivity contribution in [2.24, 2.45) is 20.0 Å². The minimum absolute atomic E-state index is 0.183. The number of benzene rings is 1. The number of nitrogens with one attached hydrogen (secondary N) is 1. The monoisotopic (exact) mass is 457 g/mol. The third-order valence-corrected chi connectivity index (χ3v) is 6.13. The molecule has 10 heteroatoms. The molecule has 1 saturated carbocycles. The van der Waals surface area contributed by atoms with Crippen LogP contribution < -0.4 is 5.32 Å². The Morgan fingerprint density at radius 2 is 1.88 bits per heavy atom. The molecule has 2 heterocycles. The Kier molecular flexibility index (Phi) is 5.79. The standard InChI is InChI=1S/C23H29F2N7O/c1-22(2,3)17-12-18(31(4)28-17)26-21(33)19(16-10-11-23(24,25)13-16)14-6-8-15(9-7-14)20-27-30-32(5)29-20/h6-9,12,16,19H,10-11,13H2,1-5H3,(H,26,33). The van der Waals surface area contributed by atoms with E-state index in [1.165, 1.54) is 4.80 Å². The number of carbonyl (C=O) groups excluding carboxylic acids is 1. The second kappa shape index (κ2) is 8.31. The van der Waals surface area contributed by atoms with E-state index in [4.69, 9.17) is 0 Å². The van der Waals surface area contributed by atoms with Crippen molar-refractivity contribution in [2.75, 3.05) is 5.32 Å². The summed E-state index contributed by atoms with van der Waals surface area (Å²) in [5.74, 6) is -3.24. The van der Waals surface area contributed by atoms with Gasteiger partial charge < -0.3 is 5.32 Å². The SMILES string of the molecule is Cn1nnc(-c2ccc(C(C(=O)Nc3cc(C(C)(C)C)nn3C)C3CCC(F)(F)C3)cc2)n1. The normalized spacial score (nSPS) is 18.9. The van der Waals surface area contributed by atoms with Crippen LogP contribution >= 0.6 is 0 Å². The lowest BCUT2D eigenvalue weighted by molar-refractivity contribution is -0.119. The van der Waals surface area contributed by atoms with Gasteiger partial charge in [-0.1, -0.05) is 45.0 Å². The summed E-state index contributed by atoms with van der Waals surface area (Å²) in [4.78, 5) is 14.8. The first-order valence-corrected chi connectivity index (χ1v) is 11.0. The van der Waals surface area contributed by atoms with Crippen molar-refractivity contribution in [1.29, 1.82) is 0 Å². The first kappa shape index (κ1) is 23.0. The molecule has 0 spiro atoms. The van der Waals surface area contributed by atoms with Crippen LogP contribution in [0.3, 0.4) is 0 Å². The number of aromatic nitrogens is 6. The van der Waals surface area contributed by atoms with Crippen molar-refractivity contribution in [1.82, 2.24) is 30.0 Å². The van der Waals surface area contributed by atoms with Crippen LogP contribution in [0.1, 0.15) is 57.2 Å². The Hall–Kier alpha value is -3.17. The average Bonchev–Trinajstić information content (AvgIpc) is 3.42. The molecule has 1 aliphatic rings. The van der Waals surface area contributed by atoms with Crippen LogP contribution in [0.5, 0.6) is 0 Å². The third kappa shape index (κ3) is 4.94. The number of hydrogen-bond donors (Lipinski definition) is 1. The van der Waals surface area contributed by atoms with E-state index < -0.39 is 17.8 Å². The van der Waals surface area contributed by atoms with Crippen molar-refractivity contribution in [3.63, 3.8) is 0 Å². The number of alkyl halides is 2. The van der Waals surface area contributed by atoms with Gasteiger partial charge >= 0.3 is 0 Å². The molecule has 0 bridgehead atoms. The van der Waals surface area contributed by atoms with Gasteiger partial charge in [0, 0.05) is 36.9 Å². The van der Waals surface area contributed by atoms with Gasteiger partial charge in [-0.2, -0.15) is 9.90 Å². The number of nitrogens with zero attached hydrogens (tertiary/aromatic N) is 6. The Morgan fingerprint density at radius 1 is 1.18 bits per heavy atom. The molecule has 1 aromatic carbocycles. The molecule has 2 unspecified atom stereocenters. The predicted molar refractivity (Wildman–Crippen MR) is 120 cm³/mol. The molecule has 0 aliphatic heterocycles. The van der Waals surface area contributed by atoms with E-state index in [2.05, 4.69) is 25.8 Å². The van der Waals surface area contributed by atoms with E-state index in [0.717, 1.165) is 11.3 Å². The summed E-state index contributed by atoms with van der Waals surface area (Å²) in [6, 6.07) is 9.00. The van der Waals surface area contributed by atoms with Crippen LogP contribution in [0.15, 0.2) is 30.3 Å². The highest BCUT2D eigenvalue weighted by molar-refractivity contribution is 5.95. The molecule has 1 fully saturated rings. The summed E-state index contributed by atoms with van der Waals surface area (Å²) < 4.78 is 29.8. The molecule has 1 amide bonds. The zero-order chi connectivity index (χ0) is 24.0. The van der Waals surface area contributed by atoms with Crippen molar-refractivity contribution in [3.8, 4) is 11.4 Å². The van der Waals surface area contributed by atoms with E-state index in [1.54, 1.807) is 43.0 Å². The number of carbonyl (C=O) groups is 1. The molecular formula is C23H29F2N7O. The number of tetrazole rings is 1. The molecule has 0 saturated heterocycles. The minimum atomic E-state index is -2.75. The minimum Gasteiger partial charge on any atom is -0.310 e. The van der Waals surface area contributed by atoms with Gasteiger partial charge in [0.25, 0.3) is 0 Å². The zero-order valence-corrected chi connectivity index (χ0v) is 19.5. The fraction of sp³-hybridized carbons (Fsp3) is 0.522. The van der Waals surface area contributed by atoms with Gasteiger partial charge in [-0.3, -0.25) is 9.48 Å². The van der Waals surface area contributed by atoms with Crippen LogP contribution in [0.2, 0.25) is 0 Å². The van der Waals surface area contributed by atoms with Gasteiger partial charge in [-0.05, 0) is 23.1 Å². The van der Waals surface area contributed by atoms with Crippen molar-refractivity contribution >= 4 is 11.7 Å². The third-order valence-electron chi connectivity index (χ3n) is 6.13. The van der Waals surface area contributed by atoms with E-state index in [0.29, 0.717) is 17.2 Å². The molecule has 2 aromatic heterocycles. The fourth-order valence-corrected chi connectivity index (χ4v) is 4.30. The quantitative estimate of drug-likeness (QED) is 0.624. The maximum atomic E-state index is 14.1. The lowest BCUT2D eigenvalue weighted by atomic mass is 9.83. The second-order valence-electron chi connectivity index (χ2n) is 9.84. The summed E-state index contributed by atoms with van der Waals surface area (Å²) in [6.07, 6.45) is -0.225. The smallest absolute Gasteiger partial charge is 0.248 e. The largest absolute Gasteiger partial charge is 0.310 e. The summed E-state index contributed by atoms with van der Waals surface area (Å²) in [7, 11) is 3.43. The van der Waals surface area contributed by atoms with Gasteiger partial charge in [0.1, 0.15) is 5.82 Å². The number of rotatable bonds is 5. The summed E-state index contributed by atoms with van der Waals surface area (Å²) in [5.41, 5.74) is 2.08. The van der Waals surface area contributed by atoms with Gasteiger partial charge in [0.2, 0.25) is 17.7 Å². The highest BCUT2D eigenvalue weighted by Crippen LogP contribution is 2.46. The molecule has 0 radical (unpaired) electrons. The Balaban J connectivity index is 1.63. The molecule has 1 aliphatic carbocycles. The van der Waals surface area contributed by atoms with Crippen molar-refractivity contribution < 1.29 is 13.6 Å². The van der Waals surface area contributed by atoms with Gasteiger partial charge in [0.05, 0.1) is 18.7 Å². The van der Waals surface area contributed by atoms with Crippen LogP contribution in [0.4, 0.5) is 14.6 Å². The lowest BCUT2D eigenvalue weighted by Crippen LogP contribution is -2.28. The predicted octanol–water partition coefficient (Wildman–Crippen LogP) is 4.07. The molecule has 3 aromatic rings. The van der Waals surface area contributed by atoms with Gasteiger partial charge in [-0.25, -0.2) is 8.78 Å². The topological polar surface area (TPSA) is 90.5 Å². The Morgan fingerprint density at radius 3 is 2.39 bits per heavy atom. The average molecular weight is 458 g/mol. The summed E-state index contributed by atoms with van der Waals surface area (Å²) >= 11 is 0. The van der Waals surface area contributed by atoms with E-state index in [1.807, 2.05) is 26.8 Å².